The lowest BCUT2D eigenvalue weighted by atomic mass is 10.2. The van der Waals surface area contributed by atoms with Crippen LogP contribution in [0.2, 0.25) is 0 Å². The SMILES string of the molecule is CC1(C)CSSSS1. The van der Waals surface area contributed by atoms with Crippen molar-refractivity contribution in [2.75, 3.05) is 5.75 Å². The van der Waals surface area contributed by atoms with Gasteiger partial charge in [0.2, 0.25) is 0 Å². The molecule has 48 valence electrons. The molecule has 1 heterocycles. The van der Waals surface area contributed by atoms with E-state index in [1.807, 2.05) is 41.2 Å². The molecule has 0 spiro atoms. The molecule has 0 aromatic carbocycles. The van der Waals surface area contributed by atoms with Crippen LogP contribution in [0, 0.1) is 0 Å². The normalized spacial score (nSPS) is 27.8. The average Bonchev–Trinajstić information content (AvgIpc) is 1.65. The van der Waals surface area contributed by atoms with Gasteiger partial charge < -0.3 is 0 Å². The number of hydrogen-bond acceptors (Lipinski definition) is 4. The molecule has 0 aliphatic carbocycles. The van der Waals surface area contributed by atoms with E-state index in [0.717, 1.165) is 0 Å². The maximum Gasteiger partial charge on any atom is 0.0314 e. The van der Waals surface area contributed by atoms with Gasteiger partial charge in [-0.05, 0) is 33.5 Å². The summed E-state index contributed by atoms with van der Waals surface area (Å²) in [5.41, 5.74) is 0. The van der Waals surface area contributed by atoms with Crippen LogP contribution in [-0.4, -0.2) is 10.5 Å². The van der Waals surface area contributed by atoms with Gasteiger partial charge in [0.05, 0.1) is 0 Å². The van der Waals surface area contributed by atoms with Gasteiger partial charge in [0.15, 0.2) is 0 Å². The van der Waals surface area contributed by atoms with Crippen molar-refractivity contribution < 1.29 is 0 Å². The molecule has 1 saturated heterocycles. The quantitative estimate of drug-likeness (QED) is 0.529. The molecule has 8 heavy (non-hydrogen) atoms. The Bertz CT molecular complexity index is 72.1. The van der Waals surface area contributed by atoms with Crippen molar-refractivity contribution in [3.8, 4) is 0 Å². The fourth-order valence-corrected chi connectivity index (χ4v) is 8.21. The van der Waals surface area contributed by atoms with Crippen molar-refractivity contribution in [1.29, 1.82) is 0 Å². The molecular weight excluding hydrogens is 176 g/mol. The molecule has 0 unspecified atom stereocenters. The van der Waals surface area contributed by atoms with E-state index >= 15 is 0 Å². The lowest BCUT2D eigenvalue weighted by molar-refractivity contribution is 0.826. The van der Waals surface area contributed by atoms with Crippen molar-refractivity contribution in [2.24, 2.45) is 0 Å². The fraction of sp³-hybridized carbons (Fsp3) is 1.00. The summed E-state index contributed by atoms with van der Waals surface area (Å²) in [6.07, 6.45) is 0. The maximum absolute atomic E-state index is 2.29. The van der Waals surface area contributed by atoms with Crippen molar-refractivity contribution in [1.82, 2.24) is 0 Å². The van der Waals surface area contributed by atoms with Crippen molar-refractivity contribution >= 4 is 41.2 Å². The molecule has 1 aliphatic heterocycles. The summed E-state index contributed by atoms with van der Waals surface area (Å²) in [7, 11) is 7.73. The summed E-state index contributed by atoms with van der Waals surface area (Å²) in [4.78, 5) is 0. The summed E-state index contributed by atoms with van der Waals surface area (Å²) in [5.74, 6) is 1.27. The highest BCUT2D eigenvalue weighted by atomic mass is 33.7. The predicted molar refractivity (Wildman–Crippen MR) is 49.3 cm³/mol. The molecule has 0 amide bonds. The molecule has 1 rings (SSSR count). The van der Waals surface area contributed by atoms with E-state index in [1.165, 1.54) is 5.75 Å². The fourth-order valence-electron chi connectivity index (χ4n) is 0.316. The van der Waals surface area contributed by atoms with Crippen LogP contribution in [0.25, 0.3) is 0 Å². The molecule has 0 radical (unpaired) electrons. The van der Waals surface area contributed by atoms with Gasteiger partial charge in [-0.15, -0.1) is 0 Å². The Morgan fingerprint density at radius 1 is 1.25 bits per heavy atom. The third-order valence-electron chi connectivity index (χ3n) is 0.742. The van der Waals surface area contributed by atoms with Crippen LogP contribution in [0.1, 0.15) is 13.8 Å². The van der Waals surface area contributed by atoms with E-state index < -0.39 is 0 Å². The molecule has 0 aromatic rings. The first-order valence-corrected chi connectivity index (χ1v) is 7.33. The van der Waals surface area contributed by atoms with Gasteiger partial charge in [-0.1, -0.05) is 21.6 Å². The second-order valence-corrected chi connectivity index (χ2v) is 8.78. The zero-order chi connectivity index (χ0) is 6.04. The minimum absolute atomic E-state index is 0.501. The largest absolute Gasteiger partial charge is 0.0803 e. The molecule has 1 aliphatic rings. The summed E-state index contributed by atoms with van der Waals surface area (Å²) in [6.45, 7) is 4.58. The van der Waals surface area contributed by atoms with E-state index in [-0.39, 0.29) is 0 Å². The van der Waals surface area contributed by atoms with Gasteiger partial charge in [-0.25, -0.2) is 0 Å². The zero-order valence-electron chi connectivity index (χ0n) is 4.84. The Kier molecular flexibility index (Phi) is 2.81. The van der Waals surface area contributed by atoms with E-state index in [4.69, 9.17) is 0 Å². The molecule has 0 bridgehead atoms. The Morgan fingerprint density at radius 2 is 2.00 bits per heavy atom. The smallest absolute Gasteiger partial charge is 0.0314 e. The number of rotatable bonds is 0. The van der Waals surface area contributed by atoms with Crippen LogP contribution in [0.3, 0.4) is 0 Å². The van der Waals surface area contributed by atoms with Gasteiger partial charge in [-0.3, -0.25) is 0 Å². The van der Waals surface area contributed by atoms with Gasteiger partial charge in [-0.2, -0.15) is 0 Å². The highest BCUT2D eigenvalue weighted by Crippen LogP contribution is 2.55. The lowest BCUT2D eigenvalue weighted by Crippen LogP contribution is -2.17. The Morgan fingerprint density at radius 3 is 2.25 bits per heavy atom. The Hall–Kier alpha value is 1.40. The number of hydrogen-bond donors (Lipinski definition) is 0. The van der Waals surface area contributed by atoms with Crippen LogP contribution in [0.4, 0.5) is 0 Å². The first-order chi connectivity index (χ1) is 3.71. The van der Waals surface area contributed by atoms with Crippen molar-refractivity contribution in [3.63, 3.8) is 0 Å². The second-order valence-electron chi connectivity index (χ2n) is 2.24. The Balaban J connectivity index is 2.33. The van der Waals surface area contributed by atoms with Gasteiger partial charge in [0.1, 0.15) is 0 Å². The molecular formula is C4H8S4. The van der Waals surface area contributed by atoms with E-state index in [0.29, 0.717) is 4.75 Å². The monoisotopic (exact) mass is 184 g/mol. The van der Waals surface area contributed by atoms with Crippen LogP contribution in [0.15, 0.2) is 0 Å². The molecule has 0 nitrogen and oxygen atoms in total. The van der Waals surface area contributed by atoms with Gasteiger partial charge in [0, 0.05) is 10.5 Å². The molecule has 0 atom stereocenters. The summed E-state index contributed by atoms with van der Waals surface area (Å²) >= 11 is 0. The first-order valence-electron chi connectivity index (χ1n) is 2.35. The standard InChI is InChI=1S/C4H8S4/c1-4(2)3-5-7-8-6-4/h3H2,1-2H3. The van der Waals surface area contributed by atoms with Crippen molar-refractivity contribution in [2.45, 2.75) is 18.6 Å². The van der Waals surface area contributed by atoms with Crippen LogP contribution >= 0.6 is 41.2 Å². The predicted octanol–water partition coefficient (Wildman–Crippen LogP) is 3.46. The van der Waals surface area contributed by atoms with E-state index in [9.17, 15) is 0 Å². The summed E-state index contributed by atoms with van der Waals surface area (Å²) in [6, 6.07) is 0. The highest BCUT2D eigenvalue weighted by Gasteiger charge is 2.23. The molecule has 1 fully saturated rings. The minimum atomic E-state index is 0.501. The third kappa shape index (κ3) is 2.33. The first kappa shape index (κ1) is 7.51. The summed E-state index contributed by atoms with van der Waals surface area (Å²) < 4.78 is 0.501. The van der Waals surface area contributed by atoms with Crippen LogP contribution in [-0.2, 0) is 0 Å². The van der Waals surface area contributed by atoms with Crippen LogP contribution in [0.5, 0.6) is 0 Å². The summed E-state index contributed by atoms with van der Waals surface area (Å²) in [5, 5.41) is 0. The molecule has 0 saturated carbocycles. The zero-order valence-corrected chi connectivity index (χ0v) is 8.11. The minimum Gasteiger partial charge on any atom is -0.0803 e. The van der Waals surface area contributed by atoms with Crippen molar-refractivity contribution in [3.05, 3.63) is 0 Å². The van der Waals surface area contributed by atoms with Gasteiger partial charge >= 0.3 is 0 Å². The van der Waals surface area contributed by atoms with E-state index in [2.05, 4.69) is 13.8 Å². The maximum atomic E-state index is 2.29. The highest BCUT2D eigenvalue weighted by molar-refractivity contribution is 9.27. The van der Waals surface area contributed by atoms with E-state index in [1.54, 1.807) is 0 Å². The van der Waals surface area contributed by atoms with Gasteiger partial charge in [0.25, 0.3) is 0 Å². The molecule has 0 N–H and O–H groups in total. The Labute approximate surface area is 65.5 Å². The molecule has 4 heteroatoms. The second kappa shape index (κ2) is 2.99. The topological polar surface area (TPSA) is 0 Å². The third-order valence-corrected chi connectivity index (χ3v) is 8.42. The average molecular weight is 184 g/mol. The molecule has 0 aromatic heterocycles. The lowest BCUT2D eigenvalue weighted by Gasteiger charge is -2.25. The van der Waals surface area contributed by atoms with Crippen LogP contribution < -0.4 is 0 Å².